The average molecular weight is 493 g/mol. The molecule has 186 valence electrons. The smallest absolute Gasteiger partial charge is 0.338 e. The second-order valence-electron chi connectivity index (χ2n) is 7.94. The van der Waals surface area contributed by atoms with Crippen molar-refractivity contribution in [3.63, 3.8) is 0 Å². The second-order valence-corrected chi connectivity index (χ2v) is 7.94. The molecule has 0 aliphatic carbocycles. The predicted molar refractivity (Wildman–Crippen MR) is 125 cm³/mol. The van der Waals surface area contributed by atoms with E-state index in [1.807, 2.05) is 0 Å². The van der Waals surface area contributed by atoms with E-state index < -0.39 is 30.3 Å². The predicted octanol–water partition coefficient (Wildman–Crippen LogP) is 3.44. The molecule has 0 N–H and O–H groups in total. The van der Waals surface area contributed by atoms with Gasteiger partial charge in [-0.2, -0.15) is 0 Å². The minimum Gasteiger partial charge on any atom is -0.465 e. The number of methoxy groups -OCH3 is 2. The molecule has 1 aliphatic rings. The molecule has 0 saturated heterocycles. The lowest BCUT2D eigenvalue weighted by atomic mass is 10.1. The number of ether oxygens (including phenoxy) is 5. The van der Waals surface area contributed by atoms with Crippen LogP contribution in [-0.4, -0.2) is 55.9 Å². The van der Waals surface area contributed by atoms with Gasteiger partial charge in [0, 0.05) is 22.6 Å². The van der Waals surface area contributed by atoms with Crippen molar-refractivity contribution in [2.45, 2.75) is 13.8 Å². The Kier molecular flexibility index (Phi) is 6.77. The highest BCUT2D eigenvalue weighted by Gasteiger charge is 2.22. The van der Waals surface area contributed by atoms with Gasteiger partial charge in [-0.05, 0) is 56.3 Å². The summed E-state index contributed by atoms with van der Waals surface area (Å²) in [5, 5.41) is 0. The molecule has 0 fully saturated rings. The van der Waals surface area contributed by atoms with E-state index in [0.29, 0.717) is 34.1 Å². The Bertz CT molecular complexity index is 1350. The highest BCUT2D eigenvalue weighted by Crippen LogP contribution is 2.32. The third-order valence-corrected chi connectivity index (χ3v) is 5.69. The number of aryl methyl sites for hydroxylation is 1. The fraction of sp³-hybridized carbons (Fsp3) is 0.231. The molecule has 0 unspecified atom stereocenters. The van der Waals surface area contributed by atoms with E-state index in [9.17, 15) is 19.2 Å². The second kappa shape index (κ2) is 9.95. The summed E-state index contributed by atoms with van der Waals surface area (Å²) in [5.41, 5.74) is 2.51. The Morgan fingerprint density at radius 3 is 2.08 bits per heavy atom. The van der Waals surface area contributed by atoms with E-state index in [-0.39, 0.29) is 23.5 Å². The first-order valence-corrected chi connectivity index (χ1v) is 10.8. The van der Waals surface area contributed by atoms with Crippen molar-refractivity contribution < 1.29 is 42.9 Å². The number of esters is 3. The zero-order valence-corrected chi connectivity index (χ0v) is 20.1. The standard InChI is InChI=1S/C26H23NO9/c1-14-7-20(21(28)12-34-26(31)16-5-6-22-23(11-16)36-13-35-22)15(2)27(14)19-9-17(24(29)32-3)8-18(10-19)25(30)33-4/h5-11H,12-13H2,1-4H3. The average Bonchev–Trinajstić information content (AvgIpc) is 3.48. The number of aromatic nitrogens is 1. The number of benzene rings is 2. The molecule has 0 atom stereocenters. The number of ketones is 1. The van der Waals surface area contributed by atoms with Crippen LogP contribution in [0.15, 0.2) is 42.5 Å². The Hall–Kier alpha value is -4.60. The Balaban J connectivity index is 1.58. The molecule has 2 aromatic carbocycles. The normalized spacial score (nSPS) is 11.7. The number of nitrogens with zero attached hydrogens (tertiary/aromatic N) is 1. The van der Waals surface area contributed by atoms with Crippen LogP contribution in [0.3, 0.4) is 0 Å². The van der Waals surface area contributed by atoms with Crippen molar-refractivity contribution in [2.75, 3.05) is 27.6 Å². The van der Waals surface area contributed by atoms with Crippen LogP contribution in [0.25, 0.3) is 5.69 Å². The molecule has 10 heteroatoms. The van der Waals surface area contributed by atoms with Gasteiger partial charge in [0.2, 0.25) is 12.6 Å². The van der Waals surface area contributed by atoms with Crippen LogP contribution in [-0.2, 0) is 14.2 Å². The monoisotopic (exact) mass is 493 g/mol. The van der Waals surface area contributed by atoms with Gasteiger partial charge in [0.25, 0.3) is 0 Å². The minimum absolute atomic E-state index is 0.0750. The summed E-state index contributed by atoms with van der Waals surface area (Å²) in [7, 11) is 2.47. The van der Waals surface area contributed by atoms with Gasteiger partial charge in [-0.3, -0.25) is 4.79 Å². The van der Waals surface area contributed by atoms with Crippen molar-refractivity contribution >= 4 is 23.7 Å². The van der Waals surface area contributed by atoms with E-state index in [0.717, 1.165) is 0 Å². The molecule has 36 heavy (non-hydrogen) atoms. The van der Waals surface area contributed by atoms with E-state index >= 15 is 0 Å². The fourth-order valence-corrected chi connectivity index (χ4v) is 3.97. The third kappa shape index (κ3) is 4.65. The lowest BCUT2D eigenvalue weighted by Crippen LogP contribution is -2.15. The first kappa shape index (κ1) is 24.5. The molecule has 0 spiro atoms. The summed E-state index contributed by atoms with van der Waals surface area (Å²) in [6.07, 6.45) is 0. The Morgan fingerprint density at radius 2 is 1.44 bits per heavy atom. The van der Waals surface area contributed by atoms with Crippen molar-refractivity contribution in [2.24, 2.45) is 0 Å². The maximum atomic E-state index is 12.9. The van der Waals surface area contributed by atoms with Crippen LogP contribution in [0.5, 0.6) is 11.5 Å². The summed E-state index contributed by atoms with van der Waals surface area (Å²) in [6.45, 7) is 3.08. The number of Topliss-reactive ketones (excluding diaryl/α,β-unsaturated/α-hetero) is 1. The van der Waals surface area contributed by atoms with Gasteiger partial charge in [-0.25, -0.2) is 14.4 Å². The first-order chi connectivity index (χ1) is 17.2. The Morgan fingerprint density at radius 1 is 0.806 bits per heavy atom. The lowest BCUT2D eigenvalue weighted by Gasteiger charge is -2.13. The van der Waals surface area contributed by atoms with Gasteiger partial charge in [0.15, 0.2) is 18.1 Å². The van der Waals surface area contributed by atoms with E-state index in [4.69, 9.17) is 23.7 Å². The zero-order chi connectivity index (χ0) is 26.0. The summed E-state index contributed by atoms with van der Waals surface area (Å²) in [6, 6.07) is 10.7. The summed E-state index contributed by atoms with van der Waals surface area (Å²) >= 11 is 0. The van der Waals surface area contributed by atoms with Crippen LogP contribution in [0, 0.1) is 13.8 Å². The molecule has 1 aromatic heterocycles. The van der Waals surface area contributed by atoms with Crippen molar-refractivity contribution in [3.05, 3.63) is 76.1 Å². The van der Waals surface area contributed by atoms with Crippen molar-refractivity contribution in [3.8, 4) is 17.2 Å². The fourth-order valence-electron chi connectivity index (χ4n) is 3.97. The van der Waals surface area contributed by atoms with E-state index in [1.165, 1.54) is 32.4 Å². The van der Waals surface area contributed by atoms with Gasteiger partial charge in [0.1, 0.15) is 0 Å². The lowest BCUT2D eigenvalue weighted by molar-refractivity contribution is 0.0474. The molecule has 2 heterocycles. The molecule has 1 aliphatic heterocycles. The molecule has 0 saturated carbocycles. The quantitative estimate of drug-likeness (QED) is 0.277. The topological polar surface area (TPSA) is 119 Å². The van der Waals surface area contributed by atoms with Gasteiger partial charge in [-0.15, -0.1) is 0 Å². The Labute approximate surface area is 206 Å². The first-order valence-electron chi connectivity index (χ1n) is 10.8. The molecule has 0 radical (unpaired) electrons. The number of carbonyl (C=O) groups is 4. The largest absolute Gasteiger partial charge is 0.465 e. The molecular formula is C26H23NO9. The van der Waals surface area contributed by atoms with Crippen LogP contribution < -0.4 is 9.47 Å². The zero-order valence-electron chi connectivity index (χ0n) is 20.1. The molecule has 0 bridgehead atoms. The van der Waals surface area contributed by atoms with Gasteiger partial charge in [-0.1, -0.05) is 0 Å². The van der Waals surface area contributed by atoms with E-state index in [2.05, 4.69) is 0 Å². The number of fused-ring (bicyclic) bond motifs is 1. The maximum Gasteiger partial charge on any atom is 0.338 e. The van der Waals surface area contributed by atoms with Gasteiger partial charge in [0.05, 0.1) is 30.9 Å². The third-order valence-electron chi connectivity index (χ3n) is 5.69. The SMILES string of the molecule is COC(=O)c1cc(C(=O)OC)cc(-n2c(C)cc(C(=O)COC(=O)c3ccc4c(c3)OCO4)c2C)c1. The number of carbonyl (C=O) groups excluding carboxylic acids is 4. The van der Waals surface area contributed by atoms with Gasteiger partial charge >= 0.3 is 17.9 Å². The van der Waals surface area contributed by atoms with Crippen LogP contribution in [0.1, 0.15) is 52.8 Å². The van der Waals surface area contributed by atoms with Crippen LogP contribution >= 0.6 is 0 Å². The molecule has 3 aromatic rings. The molecular weight excluding hydrogens is 470 g/mol. The van der Waals surface area contributed by atoms with E-state index in [1.54, 1.807) is 42.7 Å². The van der Waals surface area contributed by atoms with Crippen LogP contribution in [0.2, 0.25) is 0 Å². The maximum absolute atomic E-state index is 12.9. The minimum atomic E-state index is -0.677. The number of hydrogen-bond acceptors (Lipinski definition) is 9. The highest BCUT2D eigenvalue weighted by molar-refractivity contribution is 6.01. The highest BCUT2D eigenvalue weighted by atomic mass is 16.7. The van der Waals surface area contributed by atoms with Crippen LogP contribution in [0.4, 0.5) is 0 Å². The number of rotatable bonds is 7. The van der Waals surface area contributed by atoms with Crippen molar-refractivity contribution in [1.82, 2.24) is 4.57 Å². The summed E-state index contributed by atoms with van der Waals surface area (Å²) < 4.78 is 27.0. The summed E-state index contributed by atoms with van der Waals surface area (Å²) in [4.78, 5) is 49.7. The number of hydrogen-bond donors (Lipinski definition) is 0. The van der Waals surface area contributed by atoms with Gasteiger partial charge < -0.3 is 28.3 Å². The molecule has 4 rings (SSSR count). The molecule has 10 nitrogen and oxygen atoms in total. The van der Waals surface area contributed by atoms with Crippen molar-refractivity contribution in [1.29, 1.82) is 0 Å². The molecule has 0 amide bonds. The summed E-state index contributed by atoms with van der Waals surface area (Å²) in [5.74, 6) is -1.39.